The van der Waals surface area contributed by atoms with Crippen LogP contribution < -0.4 is 5.43 Å². The number of pyridine rings is 1. The third kappa shape index (κ3) is 3.43. The SMILES string of the molecule is CCC(C)C(=O)c1ccc2c(n1)c(C1CCN(CC)CC1)cn2NC. The Kier molecular flexibility index (Phi) is 5.42. The first-order valence-electron chi connectivity index (χ1n) is 9.55. The van der Waals surface area contributed by atoms with Gasteiger partial charge in [-0.05, 0) is 56.9 Å². The molecule has 0 spiro atoms. The normalized spacial score (nSPS) is 17.8. The monoisotopic (exact) mass is 342 g/mol. The van der Waals surface area contributed by atoms with Crippen molar-refractivity contribution in [3.63, 3.8) is 0 Å². The molecule has 1 N–H and O–H groups in total. The van der Waals surface area contributed by atoms with E-state index in [0.29, 0.717) is 11.6 Å². The van der Waals surface area contributed by atoms with E-state index in [-0.39, 0.29) is 11.7 Å². The van der Waals surface area contributed by atoms with Crippen molar-refractivity contribution in [3.8, 4) is 0 Å². The second-order valence-corrected chi connectivity index (χ2v) is 7.12. The zero-order chi connectivity index (χ0) is 18.0. The van der Waals surface area contributed by atoms with Gasteiger partial charge in [-0.1, -0.05) is 20.8 Å². The molecule has 0 radical (unpaired) electrons. The summed E-state index contributed by atoms with van der Waals surface area (Å²) in [4.78, 5) is 19.9. The molecule has 5 nitrogen and oxygen atoms in total. The number of carbonyl (C=O) groups excluding carboxylic acids is 1. The molecule has 1 aliphatic rings. The van der Waals surface area contributed by atoms with Gasteiger partial charge in [-0.25, -0.2) is 4.98 Å². The molecule has 1 unspecified atom stereocenters. The lowest BCUT2D eigenvalue weighted by Crippen LogP contribution is -2.32. The number of aromatic nitrogens is 2. The fourth-order valence-electron chi connectivity index (χ4n) is 3.75. The minimum Gasteiger partial charge on any atom is -0.329 e. The first-order valence-corrected chi connectivity index (χ1v) is 9.55. The summed E-state index contributed by atoms with van der Waals surface area (Å²) in [5, 5.41) is 0. The highest BCUT2D eigenvalue weighted by molar-refractivity contribution is 5.98. The van der Waals surface area contributed by atoms with Crippen molar-refractivity contribution in [2.24, 2.45) is 5.92 Å². The van der Waals surface area contributed by atoms with Gasteiger partial charge in [-0.3, -0.25) is 9.47 Å². The maximum absolute atomic E-state index is 12.6. The lowest BCUT2D eigenvalue weighted by Gasteiger charge is -2.30. The molecule has 0 aliphatic carbocycles. The Hall–Kier alpha value is -1.88. The predicted octanol–water partition coefficient (Wildman–Crippen LogP) is 3.64. The predicted molar refractivity (Wildman–Crippen MR) is 103 cm³/mol. The number of fused-ring (bicyclic) bond motifs is 1. The minimum atomic E-state index is 0.0209. The Bertz CT molecular complexity index is 743. The third-order valence-corrected chi connectivity index (χ3v) is 5.70. The lowest BCUT2D eigenvalue weighted by atomic mass is 9.90. The van der Waals surface area contributed by atoms with Crippen molar-refractivity contribution in [2.75, 3.05) is 32.1 Å². The Morgan fingerprint density at radius 1 is 1.32 bits per heavy atom. The van der Waals surface area contributed by atoms with Gasteiger partial charge >= 0.3 is 0 Å². The summed E-state index contributed by atoms with van der Waals surface area (Å²) in [5.41, 5.74) is 7.13. The number of hydrogen-bond donors (Lipinski definition) is 1. The smallest absolute Gasteiger partial charge is 0.183 e. The summed E-state index contributed by atoms with van der Waals surface area (Å²) in [7, 11) is 1.92. The molecule has 3 heterocycles. The van der Waals surface area contributed by atoms with Crippen LogP contribution in [0.1, 0.15) is 62.0 Å². The van der Waals surface area contributed by atoms with E-state index in [4.69, 9.17) is 4.98 Å². The van der Waals surface area contributed by atoms with E-state index >= 15 is 0 Å². The van der Waals surface area contributed by atoms with Crippen LogP contribution in [-0.4, -0.2) is 47.0 Å². The fraction of sp³-hybridized carbons (Fsp3) is 0.600. The molecule has 25 heavy (non-hydrogen) atoms. The molecule has 5 heteroatoms. The molecule has 0 bridgehead atoms. The van der Waals surface area contributed by atoms with Crippen molar-refractivity contribution in [1.29, 1.82) is 0 Å². The molecule has 1 fully saturated rings. The van der Waals surface area contributed by atoms with Crippen LogP contribution in [0.4, 0.5) is 0 Å². The summed E-state index contributed by atoms with van der Waals surface area (Å²) >= 11 is 0. The maximum Gasteiger partial charge on any atom is 0.183 e. The zero-order valence-corrected chi connectivity index (χ0v) is 15.9. The molecule has 0 saturated carbocycles. The maximum atomic E-state index is 12.6. The van der Waals surface area contributed by atoms with Gasteiger partial charge < -0.3 is 10.3 Å². The number of piperidine rings is 1. The largest absolute Gasteiger partial charge is 0.329 e. The molecule has 2 aromatic rings. The highest BCUT2D eigenvalue weighted by Gasteiger charge is 2.25. The van der Waals surface area contributed by atoms with Gasteiger partial charge in [0.2, 0.25) is 0 Å². The average Bonchev–Trinajstić information content (AvgIpc) is 3.04. The number of rotatable bonds is 6. The van der Waals surface area contributed by atoms with Crippen molar-refractivity contribution >= 4 is 16.8 Å². The summed E-state index contributed by atoms with van der Waals surface area (Å²) in [6.45, 7) is 9.65. The van der Waals surface area contributed by atoms with Gasteiger partial charge in [0.1, 0.15) is 5.69 Å². The van der Waals surface area contributed by atoms with Gasteiger partial charge in [-0.2, -0.15) is 0 Å². The van der Waals surface area contributed by atoms with Crippen molar-refractivity contribution in [2.45, 2.75) is 46.0 Å². The number of nitrogens with zero attached hydrogens (tertiary/aromatic N) is 3. The third-order valence-electron chi connectivity index (χ3n) is 5.70. The van der Waals surface area contributed by atoms with Crippen molar-refractivity contribution in [1.82, 2.24) is 14.6 Å². The van der Waals surface area contributed by atoms with E-state index in [1.165, 1.54) is 5.56 Å². The summed E-state index contributed by atoms with van der Waals surface area (Å²) < 4.78 is 2.03. The van der Waals surface area contributed by atoms with Crippen LogP contribution >= 0.6 is 0 Å². The number of carbonyl (C=O) groups is 1. The average molecular weight is 342 g/mol. The van der Waals surface area contributed by atoms with Crippen LogP contribution in [0.25, 0.3) is 11.0 Å². The molecule has 1 saturated heterocycles. The van der Waals surface area contributed by atoms with E-state index < -0.39 is 0 Å². The molecule has 0 amide bonds. The minimum absolute atomic E-state index is 0.0209. The van der Waals surface area contributed by atoms with Crippen molar-refractivity contribution < 1.29 is 4.79 Å². The van der Waals surface area contributed by atoms with E-state index in [9.17, 15) is 4.79 Å². The molecule has 1 atom stereocenters. The van der Waals surface area contributed by atoms with E-state index in [1.807, 2.05) is 37.7 Å². The summed E-state index contributed by atoms with van der Waals surface area (Å²) in [5.74, 6) is 0.683. The van der Waals surface area contributed by atoms with Gasteiger partial charge in [0.15, 0.2) is 5.78 Å². The number of hydrogen-bond acceptors (Lipinski definition) is 4. The van der Waals surface area contributed by atoms with Crippen molar-refractivity contribution in [3.05, 3.63) is 29.6 Å². The second-order valence-electron chi connectivity index (χ2n) is 7.12. The lowest BCUT2D eigenvalue weighted by molar-refractivity contribution is 0.0922. The molecule has 0 aromatic carbocycles. The molecular formula is C20H30N4O. The quantitative estimate of drug-likeness (QED) is 0.814. The first kappa shape index (κ1) is 17.9. The number of nitrogens with one attached hydrogen (secondary N) is 1. The van der Waals surface area contributed by atoms with Gasteiger partial charge in [0.25, 0.3) is 0 Å². The van der Waals surface area contributed by atoms with Crippen LogP contribution in [0.3, 0.4) is 0 Å². The summed E-state index contributed by atoms with van der Waals surface area (Å²) in [6, 6.07) is 3.90. The molecule has 2 aromatic heterocycles. The van der Waals surface area contributed by atoms with Crippen LogP contribution in [0.2, 0.25) is 0 Å². The van der Waals surface area contributed by atoms with Crippen LogP contribution in [0, 0.1) is 5.92 Å². The molecule has 136 valence electrons. The standard InChI is InChI=1S/C20H30N4O/c1-5-14(3)20(25)17-7-8-18-19(22-17)16(13-24(18)21-4)15-9-11-23(6-2)12-10-15/h7-8,13-15,21H,5-6,9-12H2,1-4H3. The Morgan fingerprint density at radius 3 is 2.64 bits per heavy atom. The topological polar surface area (TPSA) is 50.2 Å². The second kappa shape index (κ2) is 7.56. The molecule has 1 aliphatic heterocycles. The van der Waals surface area contributed by atoms with E-state index in [0.717, 1.165) is 49.9 Å². The van der Waals surface area contributed by atoms with Gasteiger partial charge in [0, 0.05) is 24.7 Å². The molecular weight excluding hydrogens is 312 g/mol. The van der Waals surface area contributed by atoms with Gasteiger partial charge in [-0.15, -0.1) is 0 Å². The van der Waals surface area contributed by atoms with E-state index in [2.05, 4.69) is 23.4 Å². The van der Waals surface area contributed by atoms with Gasteiger partial charge in [0.05, 0.1) is 11.0 Å². The first-order chi connectivity index (χ1) is 12.1. The number of likely N-dealkylation sites (tertiary alicyclic amines) is 1. The van der Waals surface area contributed by atoms with Crippen LogP contribution in [-0.2, 0) is 0 Å². The Morgan fingerprint density at radius 2 is 2.04 bits per heavy atom. The Balaban J connectivity index is 1.98. The Labute approximate surface area is 150 Å². The number of Topliss-reactive ketones (excluding diaryl/α,β-unsaturated/α-hetero) is 1. The highest BCUT2D eigenvalue weighted by Crippen LogP contribution is 2.33. The fourth-order valence-corrected chi connectivity index (χ4v) is 3.75. The van der Waals surface area contributed by atoms with Crippen LogP contribution in [0.15, 0.2) is 18.3 Å². The zero-order valence-electron chi connectivity index (χ0n) is 15.9. The number of ketones is 1. The highest BCUT2D eigenvalue weighted by atomic mass is 16.1. The molecule has 3 rings (SSSR count). The van der Waals surface area contributed by atoms with Crippen LogP contribution in [0.5, 0.6) is 0 Å². The van der Waals surface area contributed by atoms with E-state index in [1.54, 1.807) is 0 Å². The summed E-state index contributed by atoms with van der Waals surface area (Å²) in [6.07, 6.45) is 5.32.